The molecule has 5 nitrogen and oxygen atoms in total. The van der Waals surface area contributed by atoms with E-state index in [1.807, 2.05) is 42.6 Å². The number of hydrogen-bond acceptors (Lipinski definition) is 5. The van der Waals surface area contributed by atoms with Crippen LogP contribution in [0.5, 0.6) is 5.75 Å². The average Bonchev–Trinajstić information content (AvgIpc) is 3.28. The van der Waals surface area contributed by atoms with E-state index in [1.165, 1.54) is 6.08 Å². The van der Waals surface area contributed by atoms with E-state index in [0.717, 1.165) is 16.3 Å². The molecule has 1 N–H and O–H groups in total. The van der Waals surface area contributed by atoms with Gasteiger partial charge >= 0.3 is 0 Å². The molecule has 0 saturated carbocycles. The van der Waals surface area contributed by atoms with Crippen molar-refractivity contribution in [3.05, 3.63) is 76.1 Å². The molecule has 0 spiro atoms. The lowest BCUT2D eigenvalue weighted by Crippen LogP contribution is -2.19. The van der Waals surface area contributed by atoms with Crippen LogP contribution in [0.1, 0.15) is 22.0 Å². The topological polar surface area (TPSA) is 64.4 Å². The Bertz CT molecular complexity index is 853. The Kier molecular flexibility index (Phi) is 5.64. The van der Waals surface area contributed by atoms with Crippen LogP contribution in [-0.4, -0.2) is 10.9 Å². The molecule has 2 aromatic heterocycles. The largest absolute Gasteiger partial charge is 0.487 e. The molecule has 0 aliphatic carbocycles. The second kappa shape index (κ2) is 8.30. The minimum atomic E-state index is -0.193. The molecule has 2 heterocycles. The molecular formula is C19H18N2O3S. The van der Waals surface area contributed by atoms with E-state index >= 15 is 0 Å². The van der Waals surface area contributed by atoms with Gasteiger partial charge in [-0.3, -0.25) is 4.79 Å². The van der Waals surface area contributed by atoms with Crippen LogP contribution >= 0.6 is 11.3 Å². The van der Waals surface area contributed by atoms with Gasteiger partial charge in [0.25, 0.3) is 0 Å². The van der Waals surface area contributed by atoms with Crippen molar-refractivity contribution in [1.82, 2.24) is 10.3 Å². The Morgan fingerprint density at radius 2 is 2.20 bits per heavy atom. The zero-order valence-corrected chi connectivity index (χ0v) is 14.6. The van der Waals surface area contributed by atoms with Crippen molar-refractivity contribution >= 4 is 23.3 Å². The molecule has 0 radical (unpaired) electrons. The summed E-state index contributed by atoms with van der Waals surface area (Å²) in [6.07, 6.45) is 4.80. The quantitative estimate of drug-likeness (QED) is 0.653. The van der Waals surface area contributed by atoms with Crippen molar-refractivity contribution < 1.29 is 13.9 Å². The molecule has 0 fully saturated rings. The second-order valence-electron chi connectivity index (χ2n) is 5.31. The number of carbonyl (C=O) groups excluding carboxylic acids is 1. The molecule has 0 unspecified atom stereocenters. The molecule has 0 atom stereocenters. The number of carbonyl (C=O) groups is 1. The van der Waals surface area contributed by atoms with E-state index in [1.54, 1.807) is 29.7 Å². The Balaban J connectivity index is 1.58. The highest BCUT2D eigenvalue weighted by molar-refractivity contribution is 7.09. The first kappa shape index (κ1) is 17.0. The normalized spacial score (nSPS) is 10.9. The van der Waals surface area contributed by atoms with Crippen LogP contribution in [0.2, 0.25) is 0 Å². The van der Waals surface area contributed by atoms with Gasteiger partial charge in [-0.25, -0.2) is 4.98 Å². The molecule has 6 heteroatoms. The molecule has 0 bridgehead atoms. The molecular weight excluding hydrogens is 336 g/mol. The van der Waals surface area contributed by atoms with Crippen LogP contribution in [0.4, 0.5) is 0 Å². The van der Waals surface area contributed by atoms with E-state index in [4.69, 9.17) is 9.15 Å². The zero-order valence-electron chi connectivity index (χ0n) is 13.8. The number of aryl methyl sites for hydroxylation is 1. The van der Waals surface area contributed by atoms with E-state index in [0.29, 0.717) is 24.7 Å². The maximum absolute atomic E-state index is 11.9. The highest BCUT2D eigenvalue weighted by Crippen LogP contribution is 2.21. The summed E-state index contributed by atoms with van der Waals surface area (Å²) in [4.78, 5) is 16.3. The average molecular weight is 354 g/mol. The van der Waals surface area contributed by atoms with E-state index in [-0.39, 0.29) is 5.91 Å². The molecule has 25 heavy (non-hydrogen) atoms. The third-order valence-electron chi connectivity index (χ3n) is 3.39. The van der Waals surface area contributed by atoms with E-state index in [2.05, 4.69) is 10.3 Å². The Morgan fingerprint density at radius 1 is 1.32 bits per heavy atom. The highest BCUT2D eigenvalue weighted by Gasteiger charge is 2.04. The van der Waals surface area contributed by atoms with E-state index < -0.39 is 0 Å². The summed E-state index contributed by atoms with van der Waals surface area (Å²) in [5.41, 5.74) is 1.74. The van der Waals surface area contributed by atoms with Crippen molar-refractivity contribution in [2.45, 2.75) is 20.1 Å². The first-order valence-corrected chi connectivity index (χ1v) is 8.70. The number of aromatic nitrogens is 1. The highest BCUT2D eigenvalue weighted by atomic mass is 32.1. The molecule has 0 saturated heterocycles. The predicted octanol–water partition coefficient (Wildman–Crippen LogP) is 3.95. The smallest absolute Gasteiger partial charge is 0.244 e. The third-order valence-corrected chi connectivity index (χ3v) is 4.21. The SMILES string of the molecule is Cc1nc(COc2ccccc2/C=C/C(=O)NCc2ccco2)cs1. The maximum atomic E-state index is 11.9. The number of ether oxygens (including phenoxy) is 1. The Hall–Kier alpha value is -2.86. The lowest BCUT2D eigenvalue weighted by Gasteiger charge is -2.07. The fourth-order valence-electron chi connectivity index (χ4n) is 2.19. The summed E-state index contributed by atoms with van der Waals surface area (Å²) < 4.78 is 11.0. The van der Waals surface area contributed by atoms with Gasteiger partial charge in [0, 0.05) is 17.0 Å². The summed E-state index contributed by atoms with van der Waals surface area (Å²) in [5.74, 6) is 1.23. The standard InChI is InChI=1S/C19H18N2O3S/c1-14-21-16(13-25-14)12-24-18-7-3-2-5-15(18)8-9-19(22)20-11-17-6-4-10-23-17/h2-10,13H,11-12H2,1H3,(H,20,22)/b9-8+. The Labute approximate surface area is 150 Å². The van der Waals surface area contributed by atoms with Crippen LogP contribution in [0, 0.1) is 6.92 Å². The zero-order chi connectivity index (χ0) is 17.5. The van der Waals surface area contributed by atoms with Gasteiger partial charge in [-0.2, -0.15) is 0 Å². The number of thiazole rings is 1. The molecule has 1 aromatic carbocycles. The van der Waals surface area contributed by atoms with Gasteiger partial charge in [0.2, 0.25) is 5.91 Å². The van der Waals surface area contributed by atoms with Crippen molar-refractivity contribution in [2.75, 3.05) is 0 Å². The van der Waals surface area contributed by atoms with E-state index in [9.17, 15) is 4.79 Å². The molecule has 0 aliphatic rings. The first-order valence-electron chi connectivity index (χ1n) is 7.82. The molecule has 0 aliphatic heterocycles. The van der Waals surface area contributed by atoms with Gasteiger partial charge in [-0.15, -0.1) is 11.3 Å². The van der Waals surface area contributed by atoms with Crippen molar-refractivity contribution in [2.24, 2.45) is 0 Å². The molecule has 3 rings (SSSR count). The summed E-state index contributed by atoms with van der Waals surface area (Å²) in [5, 5.41) is 5.76. The van der Waals surface area contributed by atoms with Gasteiger partial charge in [-0.05, 0) is 31.2 Å². The lowest BCUT2D eigenvalue weighted by molar-refractivity contribution is -0.116. The minimum absolute atomic E-state index is 0.193. The fourth-order valence-corrected chi connectivity index (χ4v) is 2.78. The van der Waals surface area contributed by atoms with Gasteiger partial charge in [0.1, 0.15) is 18.1 Å². The van der Waals surface area contributed by atoms with Crippen LogP contribution in [-0.2, 0) is 17.9 Å². The summed E-state index contributed by atoms with van der Waals surface area (Å²) >= 11 is 1.60. The van der Waals surface area contributed by atoms with Gasteiger partial charge in [0.15, 0.2) is 0 Å². The van der Waals surface area contributed by atoms with Crippen molar-refractivity contribution in [3.63, 3.8) is 0 Å². The lowest BCUT2D eigenvalue weighted by atomic mass is 10.2. The van der Waals surface area contributed by atoms with Crippen LogP contribution in [0.25, 0.3) is 6.08 Å². The maximum Gasteiger partial charge on any atom is 0.244 e. The summed E-state index contributed by atoms with van der Waals surface area (Å²) in [6, 6.07) is 11.2. The van der Waals surface area contributed by atoms with Gasteiger partial charge in [-0.1, -0.05) is 18.2 Å². The fraction of sp³-hybridized carbons (Fsp3) is 0.158. The molecule has 3 aromatic rings. The van der Waals surface area contributed by atoms with Crippen molar-refractivity contribution in [1.29, 1.82) is 0 Å². The third kappa shape index (κ3) is 5.06. The molecule has 1 amide bonds. The number of hydrogen-bond donors (Lipinski definition) is 1. The number of nitrogens with zero attached hydrogens (tertiary/aromatic N) is 1. The number of para-hydroxylation sites is 1. The van der Waals surface area contributed by atoms with Crippen LogP contribution < -0.4 is 10.1 Å². The minimum Gasteiger partial charge on any atom is -0.487 e. The second-order valence-corrected chi connectivity index (χ2v) is 6.38. The number of rotatable bonds is 7. The molecule has 128 valence electrons. The first-order chi connectivity index (χ1) is 12.2. The van der Waals surface area contributed by atoms with Crippen LogP contribution in [0.3, 0.4) is 0 Å². The summed E-state index contributed by atoms with van der Waals surface area (Å²) in [7, 11) is 0. The van der Waals surface area contributed by atoms with Gasteiger partial charge in [0.05, 0.1) is 23.5 Å². The number of benzene rings is 1. The van der Waals surface area contributed by atoms with Crippen LogP contribution in [0.15, 0.2) is 58.5 Å². The monoisotopic (exact) mass is 354 g/mol. The number of amides is 1. The van der Waals surface area contributed by atoms with Crippen molar-refractivity contribution in [3.8, 4) is 5.75 Å². The number of furan rings is 1. The predicted molar refractivity (Wildman–Crippen MR) is 97.2 cm³/mol. The Morgan fingerprint density at radius 3 is 2.96 bits per heavy atom. The summed E-state index contributed by atoms with van der Waals surface area (Å²) in [6.45, 7) is 2.73. The van der Waals surface area contributed by atoms with Gasteiger partial charge < -0.3 is 14.5 Å². The number of nitrogens with one attached hydrogen (secondary N) is 1.